The molecule has 0 bridgehead atoms. The van der Waals surface area contributed by atoms with Crippen LogP contribution in [0.2, 0.25) is 0 Å². The third-order valence-electron chi connectivity index (χ3n) is 4.62. The second-order valence-electron chi connectivity index (χ2n) is 6.43. The minimum atomic E-state index is -0.108. The monoisotopic (exact) mass is 351 g/mol. The van der Waals surface area contributed by atoms with Crippen LogP contribution in [0, 0.1) is 0 Å². The van der Waals surface area contributed by atoms with Gasteiger partial charge >= 0.3 is 0 Å². The van der Waals surface area contributed by atoms with Crippen molar-refractivity contribution in [2.45, 2.75) is 25.8 Å². The first kappa shape index (κ1) is 16.5. The smallest absolute Gasteiger partial charge is 0.272 e. The zero-order valence-electron chi connectivity index (χ0n) is 14.7. The fraction of sp³-hybridized carbons (Fsp3) is 0.316. The van der Waals surface area contributed by atoms with Gasteiger partial charge in [0.2, 0.25) is 0 Å². The van der Waals surface area contributed by atoms with Gasteiger partial charge in [-0.25, -0.2) is 0 Å². The molecular formula is C19H21N5O2. The van der Waals surface area contributed by atoms with Gasteiger partial charge in [-0.1, -0.05) is 6.07 Å². The highest BCUT2D eigenvalue weighted by Gasteiger charge is 2.27. The second-order valence-corrected chi connectivity index (χ2v) is 6.43. The number of carbonyl (C=O) groups is 1. The van der Waals surface area contributed by atoms with Crippen molar-refractivity contribution in [3.05, 3.63) is 72.1 Å². The van der Waals surface area contributed by atoms with E-state index in [4.69, 9.17) is 4.74 Å². The molecule has 1 aliphatic heterocycles. The molecule has 1 atom stereocenters. The molecule has 0 saturated carbocycles. The Kier molecular flexibility index (Phi) is 4.53. The number of amides is 1. The number of rotatable bonds is 4. The average molecular weight is 351 g/mol. The van der Waals surface area contributed by atoms with E-state index >= 15 is 0 Å². The van der Waals surface area contributed by atoms with Crippen molar-refractivity contribution < 1.29 is 9.53 Å². The van der Waals surface area contributed by atoms with E-state index in [0.717, 1.165) is 11.4 Å². The van der Waals surface area contributed by atoms with Crippen LogP contribution >= 0.6 is 0 Å². The van der Waals surface area contributed by atoms with E-state index in [1.165, 1.54) is 0 Å². The molecule has 0 aromatic carbocycles. The Labute approximate surface area is 151 Å². The molecule has 0 fully saturated rings. The average Bonchev–Trinajstić information content (AvgIpc) is 3.24. The van der Waals surface area contributed by atoms with Crippen LogP contribution in [0.25, 0.3) is 0 Å². The number of nitrogens with zero attached hydrogens (tertiary/aromatic N) is 5. The van der Waals surface area contributed by atoms with Crippen molar-refractivity contribution in [1.29, 1.82) is 0 Å². The lowest BCUT2D eigenvalue weighted by Crippen LogP contribution is -2.38. The summed E-state index contributed by atoms with van der Waals surface area (Å²) in [7, 11) is 1.78. The zero-order chi connectivity index (χ0) is 17.9. The van der Waals surface area contributed by atoms with Crippen LogP contribution < -0.4 is 0 Å². The summed E-state index contributed by atoms with van der Waals surface area (Å²) in [5.74, 6) is -0.0360. The van der Waals surface area contributed by atoms with Crippen LogP contribution in [-0.2, 0) is 31.5 Å². The molecule has 0 spiro atoms. The number of ether oxygens (including phenoxy) is 1. The Bertz CT molecular complexity index is 886. The van der Waals surface area contributed by atoms with Crippen molar-refractivity contribution in [1.82, 2.24) is 24.2 Å². The lowest BCUT2D eigenvalue weighted by atomic mass is 10.2. The van der Waals surface area contributed by atoms with Crippen molar-refractivity contribution in [3.63, 3.8) is 0 Å². The van der Waals surface area contributed by atoms with Gasteiger partial charge in [-0.2, -0.15) is 5.10 Å². The molecule has 1 amide bonds. The first-order valence-corrected chi connectivity index (χ1v) is 8.63. The fourth-order valence-corrected chi connectivity index (χ4v) is 3.25. The van der Waals surface area contributed by atoms with Gasteiger partial charge in [-0.05, 0) is 30.3 Å². The third-order valence-corrected chi connectivity index (χ3v) is 4.62. The normalized spacial score (nSPS) is 17.0. The van der Waals surface area contributed by atoms with Crippen molar-refractivity contribution in [2.24, 2.45) is 7.05 Å². The van der Waals surface area contributed by atoms with Crippen LogP contribution in [0.1, 0.15) is 21.9 Å². The summed E-state index contributed by atoms with van der Waals surface area (Å²) in [6, 6.07) is 11.6. The van der Waals surface area contributed by atoms with Gasteiger partial charge in [-0.15, -0.1) is 0 Å². The number of hydrogen-bond acceptors (Lipinski definition) is 4. The third kappa shape index (κ3) is 3.39. The number of aryl methyl sites for hydroxylation is 1. The maximum atomic E-state index is 13.0. The zero-order valence-corrected chi connectivity index (χ0v) is 14.7. The summed E-state index contributed by atoms with van der Waals surface area (Å²) in [6.45, 7) is 2.22. The number of fused-ring (bicyclic) bond motifs is 1. The number of pyridine rings is 1. The lowest BCUT2D eigenvalue weighted by Gasteiger charge is -2.24. The summed E-state index contributed by atoms with van der Waals surface area (Å²) < 4.78 is 9.86. The highest BCUT2D eigenvalue weighted by molar-refractivity contribution is 5.92. The maximum Gasteiger partial charge on any atom is 0.272 e. The predicted molar refractivity (Wildman–Crippen MR) is 95.2 cm³/mol. The van der Waals surface area contributed by atoms with Crippen molar-refractivity contribution in [3.8, 4) is 0 Å². The first-order chi connectivity index (χ1) is 12.7. The Morgan fingerprint density at radius 1 is 1.19 bits per heavy atom. The van der Waals surface area contributed by atoms with E-state index in [9.17, 15) is 4.79 Å². The summed E-state index contributed by atoms with van der Waals surface area (Å²) in [5, 5.41) is 4.11. The van der Waals surface area contributed by atoms with Crippen LogP contribution in [0.15, 0.2) is 55.0 Å². The minimum absolute atomic E-state index is 0.0360. The van der Waals surface area contributed by atoms with Gasteiger partial charge < -0.3 is 14.2 Å². The molecule has 1 aliphatic rings. The van der Waals surface area contributed by atoms with E-state index in [2.05, 4.69) is 14.6 Å². The van der Waals surface area contributed by atoms with Gasteiger partial charge in [0.15, 0.2) is 0 Å². The molecule has 7 nitrogen and oxygen atoms in total. The Balaban J connectivity index is 1.53. The summed E-state index contributed by atoms with van der Waals surface area (Å²) >= 11 is 0. The highest BCUT2D eigenvalue weighted by atomic mass is 16.5. The molecule has 0 unspecified atom stereocenters. The molecule has 0 N–H and O–H groups in total. The fourth-order valence-electron chi connectivity index (χ4n) is 3.25. The van der Waals surface area contributed by atoms with Crippen molar-refractivity contribution in [2.75, 3.05) is 6.54 Å². The molecule has 0 saturated heterocycles. The van der Waals surface area contributed by atoms with Gasteiger partial charge in [0.1, 0.15) is 5.69 Å². The Morgan fingerprint density at radius 3 is 2.88 bits per heavy atom. The number of carbonyl (C=O) groups excluding carboxylic acids is 1. The molecule has 0 radical (unpaired) electrons. The molecule has 4 heterocycles. The maximum absolute atomic E-state index is 13.0. The van der Waals surface area contributed by atoms with Crippen LogP contribution in [-0.4, -0.2) is 42.8 Å². The quantitative estimate of drug-likeness (QED) is 0.720. The first-order valence-electron chi connectivity index (χ1n) is 8.63. The molecule has 7 heteroatoms. The van der Waals surface area contributed by atoms with Gasteiger partial charge in [0.05, 0.1) is 31.5 Å². The van der Waals surface area contributed by atoms with Crippen LogP contribution in [0.3, 0.4) is 0 Å². The molecular weight excluding hydrogens is 330 g/mol. The SMILES string of the molecule is Cn1nccc1C(=O)N1Cc2cccn2C[C@H](OCc2ccccn2)C1. The van der Waals surface area contributed by atoms with E-state index in [-0.39, 0.29) is 12.0 Å². The second kappa shape index (κ2) is 7.13. The summed E-state index contributed by atoms with van der Waals surface area (Å²) in [5.41, 5.74) is 2.56. The van der Waals surface area contributed by atoms with E-state index in [0.29, 0.717) is 31.9 Å². The van der Waals surface area contributed by atoms with Crippen molar-refractivity contribution >= 4 is 5.91 Å². The summed E-state index contributed by atoms with van der Waals surface area (Å²) in [6.07, 6.45) is 5.32. The minimum Gasteiger partial charge on any atom is -0.368 e. The lowest BCUT2D eigenvalue weighted by molar-refractivity contribution is 0.00897. The standard InChI is InChI=1S/C19H21N5O2/c1-22-18(7-9-21-22)19(25)24-11-16-6-4-10-23(16)12-17(13-24)26-14-15-5-2-3-8-20-15/h2-10,17H,11-14H2,1H3/t17-/m0/s1. The van der Waals surface area contributed by atoms with Crippen LogP contribution in [0.5, 0.6) is 0 Å². The molecule has 134 valence electrons. The Hall–Kier alpha value is -2.93. The number of hydrogen-bond donors (Lipinski definition) is 0. The van der Waals surface area contributed by atoms with Gasteiger partial charge in [-0.3, -0.25) is 14.5 Å². The van der Waals surface area contributed by atoms with Gasteiger partial charge in [0, 0.05) is 37.9 Å². The van der Waals surface area contributed by atoms with E-state index in [1.807, 2.05) is 41.4 Å². The largest absolute Gasteiger partial charge is 0.368 e. The number of aromatic nitrogens is 4. The van der Waals surface area contributed by atoms with Crippen LogP contribution in [0.4, 0.5) is 0 Å². The topological polar surface area (TPSA) is 65.2 Å². The highest BCUT2D eigenvalue weighted by Crippen LogP contribution is 2.18. The molecule has 3 aromatic heterocycles. The van der Waals surface area contributed by atoms with E-state index in [1.54, 1.807) is 30.2 Å². The van der Waals surface area contributed by atoms with E-state index < -0.39 is 0 Å². The molecule has 3 aromatic rings. The molecule has 26 heavy (non-hydrogen) atoms. The van der Waals surface area contributed by atoms with Gasteiger partial charge in [0.25, 0.3) is 5.91 Å². The Morgan fingerprint density at radius 2 is 2.12 bits per heavy atom. The predicted octanol–water partition coefficient (Wildman–Crippen LogP) is 1.86. The molecule has 0 aliphatic carbocycles. The summed E-state index contributed by atoms with van der Waals surface area (Å²) in [4.78, 5) is 19.1. The molecule has 4 rings (SSSR count).